The summed E-state index contributed by atoms with van der Waals surface area (Å²) < 4.78 is 0.566. The highest BCUT2D eigenvalue weighted by atomic mass is 79.9. The first-order valence-corrected chi connectivity index (χ1v) is 7.56. The summed E-state index contributed by atoms with van der Waals surface area (Å²) in [6.45, 7) is 1.15. The number of hydrogen-bond acceptors (Lipinski definition) is 3. The Bertz CT molecular complexity index is 535. The van der Waals surface area contributed by atoms with Crippen LogP contribution in [-0.2, 0) is 0 Å². The Balaban J connectivity index is 2.11. The van der Waals surface area contributed by atoms with Crippen LogP contribution in [0.15, 0.2) is 22.7 Å². The van der Waals surface area contributed by atoms with E-state index in [9.17, 15) is 9.90 Å². The van der Waals surface area contributed by atoms with Crippen LogP contribution in [0, 0.1) is 17.2 Å². The van der Waals surface area contributed by atoms with Gasteiger partial charge in [-0.1, -0.05) is 6.42 Å². The summed E-state index contributed by atoms with van der Waals surface area (Å²) in [5, 5.41) is 18.4. The fraction of sp³-hybridized carbons (Fsp3) is 0.467. The molecule has 0 spiro atoms. The van der Waals surface area contributed by atoms with Crippen LogP contribution in [0.25, 0.3) is 0 Å². The van der Waals surface area contributed by atoms with Crippen LogP contribution in [0.5, 0.6) is 5.75 Å². The van der Waals surface area contributed by atoms with Gasteiger partial charge in [0.05, 0.1) is 17.0 Å². The van der Waals surface area contributed by atoms with Gasteiger partial charge in [-0.15, -0.1) is 0 Å². The molecule has 1 aromatic rings. The van der Waals surface area contributed by atoms with Crippen LogP contribution < -0.4 is 0 Å². The molecule has 106 valence electrons. The SMILES string of the molecule is N#CCCN(CC1CCC1)C(=O)c1ccc(Br)c(O)c1. The number of carbonyl (C=O) groups is 1. The van der Waals surface area contributed by atoms with Gasteiger partial charge in [-0.25, -0.2) is 0 Å². The van der Waals surface area contributed by atoms with E-state index in [1.54, 1.807) is 17.0 Å². The Morgan fingerprint density at radius 2 is 2.25 bits per heavy atom. The molecule has 1 N–H and O–H groups in total. The van der Waals surface area contributed by atoms with Crippen molar-refractivity contribution >= 4 is 21.8 Å². The predicted octanol–water partition coefficient (Wildman–Crippen LogP) is 3.31. The number of nitriles is 1. The number of aromatic hydroxyl groups is 1. The van der Waals surface area contributed by atoms with E-state index in [-0.39, 0.29) is 11.7 Å². The van der Waals surface area contributed by atoms with E-state index >= 15 is 0 Å². The van der Waals surface area contributed by atoms with E-state index in [1.807, 2.05) is 0 Å². The van der Waals surface area contributed by atoms with Crippen molar-refractivity contribution in [1.82, 2.24) is 4.90 Å². The van der Waals surface area contributed by atoms with Crippen LogP contribution in [-0.4, -0.2) is 29.0 Å². The van der Waals surface area contributed by atoms with Gasteiger partial charge in [-0.3, -0.25) is 4.79 Å². The second-order valence-electron chi connectivity index (χ2n) is 5.12. The third-order valence-electron chi connectivity index (χ3n) is 3.68. The van der Waals surface area contributed by atoms with E-state index in [0.717, 1.165) is 12.8 Å². The minimum atomic E-state index is -0.116. The van der Waals surface area contributed by atoms with Gasteiger partial charge < -0.3 is 10.0 Å². The van der Waals surface area contributed by atoms with Gasteiger partial charge in [0.1, 0.15) is 5.75 Å². The molecule has 1 amide bonds. The molecule has 20 heavy (non-hydrogen) atoms. The molecule has 1 aromatic carbocycles. The Kier molecular flexibility index (Phi) is 5.02. The van der Waals surface area contributed by atoms with Crippen molar-refractivity contribution in [3.63, 3.8) is 0 Å². The molecule has 5 heteroatoms. The van der Waals surface area contributed by atoms with Crippen LogP contribution in [0.1, 0.15) is 36.0 Å². The summed E-state index contributed by atoms with van der Waals surface area (Å²) >= 11 is 3.20. The van der Waals surface area contributed by atoms with Gasteiger partial charge in [-0.05, 0) is 52.9 Å². The molecular weight excluding hydrogens is 320 g/mol. The van der Waals surface area contributed by atoms with Crippen molar-refractivity contribution < 1.29 is 9.90 Å². The predicted molar refractivity (Wildman–Crippen MR) is 79.3 cm³/mol. The number of halogens is 1. The lowest BCUT2D eigenvalue weighted by Gasteiger charge is -2.32. The number of benzene rings is 1. The third-order valence-corrected chi connectivity index (χ3v) is 4.35. The normalized spacial score (nSPS) is 14.4. The Labute approximate surface area is 127 Å². The maximum absolute atomic E-state index is 12.5. The smallest absolute Gasteiger partial charge is 0.254 e. The molecule has 1 aliphatic rings. The molecule has 0 aliphatic heterocycles. The first-order chi connectivity index (χ1) is 9.61. The highest BCUT2D eigenvalue weighted by molar-refractivity contribution is 9.10. The number of carbonyl (C=O) groups excluding carboxylic acids is 1. The number of hydrogen-bond donors (Lipinski definition) is 1. The average Bonchev–Trinajstić information content (AvgIpc) is 2.39. The van der Waals surface area contributed by atoms with Crippen molar-refractivity contribution in [3.05, 3.63) is 28.2 Å². The minimum Gasteiger partial charge on any atom is -0.507 e. The number of rotatable bonds is 5. The lowest BCUT2D eigenvalue weighted by atomic mass is 9.85. The molecule has 1 fully saturated rings. The van der Waals surface area contributed by atoms with Gasteiger partial charge >= 0.3 is 0 Å². The molecule has 0 radical (unpaired) electrons. The zero-order valence-corrected chi connectivity index (χ0v) is 12.8. The van der Waals surface area contributed by atoms with Gasteiger partial charge in [0.2, 0.25) is 0 Å². The number of phenols is 1. The Morgan fingerprint density at radius 1 is 1.50 bits per heavy atom. The highest BCUT2D eigenvalue weighted by Gasteiger charge is 2.24. The van der Waals surface area contributed by atoms with Crippen molar-refractivity contribution in [2.75, 3.05) is 13.1 Å². The van der Waals surface area contributed by atoms with Gasteiger partial charge in [0, 0.05) is 18.7 Å². The van der Waals surface area contributed by atoms with Crippen LogP contribution in [0.3, 0.4) is 0 Å². The lowest BCUT2D eigenvalue weighted by Crippen LogP contribution is -2.38. The average molecular weight is 337 g/mol. The molecular formula is C15H17BrN2O2. The van der Waals surface area contributed by atoms with Crippen molar-refractivity contribution in [2.45, 2.75) is 25.7 Å². The molecule has 0 bridgehead atoms. The number of amides is 1. The third kappa shape index (κ3) is 3.51. The number of phenolic OH excluding ortho intramolecular Hbond substituents is 1. The minimum absolute atomic E-state index is 0.0553. The maximum Gasteiger partial charge on any atom is 0.254 e. The zero-order chi connectivity index (χ0) is 14.5. The molecule has 1 aliphatic carbocycles. The van der Waals surface area contributed by atoms with Crippen molar-refractivity contribution in [3.8, 4) is 11.8 Å². The molecule has 0 saturated heterocycles. The molecule has 0 unspecified atom stereocenters. The molecule has 0 atom stereocenters. The second-order valence-corrected chi connectivity index (χ2v) is 5.98. The first kappa shape index (κ1) is 14.9. The molecule has 0 heterocycles. The fourth-order valence-electron chi connectivity index (χ4n) is 2.28. The quantitative estimate of drug-likeness (QED) is 0.896. The maximum atomic E-state index is 12.5. The molecule has 0 aromatic heterocycles. The summed E-state index contributed by atoms with van der Waals surface area (Å²) in [5.74, 6) is 0.497. The molecule has 2 rings (SSSR count). The fourth-order valence-corrected chi connectivity index (χ4v) is 2.52. The van der Waals surface area contributed by atoms with Crippen LogP contribution in [0.2, 0.25) is 0 Å². The Morgan fingerprint density at radius 3 is 2.80 bits per heavy atom. The summed E-state index contributed by atoms with van der Waals surface area (Å²) in [5.41, 5.74) is 0.461. The standard InChI is InChI=1S/C15H17BrN2O2/c16-13-6-5-12(9-14(13)19)15(20)18(8-2-7-17)10-11-3-1-4-11/h5-6,9,11,19H,1-4,8,10H2. The monoisotopic (exact) mass is 336 g/mol. The zero-order valence-electron chi connectivity index (χ0n) is 11.2. The van der Waals surface area contributed by atoms with E-state index in [1.165, 1.54) is 12.5 Å². The van der Waals surface area contributed by atoms with Crippen molar-refractivity contribution in [2.24, 2.45) is 5.92 Å². The van der Waals surface area contributed by atoms with E-state index < -0.39 is 0 Å². The first-order valence-electron chi connectivity index (χ1n) is 6.76. The number of nitrogens with zero attached hydrogens (tertiary/aromatic N) is 2. The Hall–Kier alpha value is -1.54. The summed E-state index contributed by atoms with van der Waals surface area (Å²) in [4.78, 5) is 14.2. The lowest BCUT2D eigenvalue weighted by molar-refractivity contribution is 0.0699. The summed E-state index contributed by atoms with van der Waals surface area (Å²) in [6, 6.07) is 6.90. The molecule has 4 nitrogen and oxygen atoms in total. The molecule has 1 saturated carbocycles. The largest absolute Gasteiger partial charge is 0.507 e. The van der Waals surface area contributed by atoms with Gasteiger partial charge in [0.15, 0.2) is 0 Å². The van der Waals surface area contributed by atoms with Crippen LogP contribution >= 0.6 is 15.9 Å². The summed E-state index contributed by atoms with van der Waals surface area (Å²) in [6.07, 6.45) is 3.87. The van der Waals surface area contributed by atoms with E-state index in [2.05, 4.69) is 22.0 Å². The van der Waals surface area contributed by atoms with E-state index in [4.69, 9.17) is 5.26 Å². The van der Waals surface area contributed by atoms with Gasteiger partial charge in [-0.2, -0.15) is 5.26 Å². The van der Waals surface area contributed by atoms with E-state index in [0.29, 0.717) is 35.5 Å². The van der Waals surface area contributed by atoms with Crippen LogP contribution in [0.4, 0.5) is 0 Å². The second kappa shape index (κ2) is 6.76. The highest BCUT2D eigenvalue weighted by Crippen LogP contribution is 2.29. The van der Waals surface area contributed by atoms with Gasteiger partial charge in [0.25, 0.3) is 5.91 Å². The topological polar surface area (TPSA) is 64.3 Å². The van der Waals surface area contributed by atoms with Crippen molar-refractivity contribution in [1.29, 1.82) is 5.26 Å². The summed E-state index contributed by atoms with van der Waals surface area (Å²) in [7, 11) is 0.